The van der Waals surface area contributed by atoms with Gasteiger partial charge in [0.1, 0.15) is 0 Å². The van der Waals surface area contributed by atoms with Crippen LogP contribution in [0.15, 0.2) is 0 Å². The molecular weight excluding hydrogens is 226 g/mol. The fraction of sp³-hybridized carbons (Fsp3) is 0.909. The lowest BCUT2D eigenvalue weighted by molar-refractivity contribution is -0.145. The van der Waals surface area contributed by atoms with Gasteiger partial charge in [-0.3, -0.25) is 4.79 Å². The van der Waals surface area contributed by atoms with Gasteiger partial charge >= 0.3 is 5.97 Å². The lowest BCUT2D eigenvalue weighted by Gasteiger charge is -2.11. The van der Waals surface area contributed by atoms with Gasteiger partial charge in [0.25, 0.3) is 0 Å². The molecule has 0 heterocycles. The molecule has 0 bridgehead atoms. The smallest absolute Gasteiger partial charge is 0.308 e. The molecule has 1 atom stereocenters. The molecule has 0 saturated heterocycles. The Hall–Kier alpha value is -0.690. The van der Waals surface area contributed by atoms with E-state index in [1.165, 1.54) is 0 Å². The molecule has 6 nitrogen and oxygen atoms in total. The molecule has 6 heteroatoms. The van der Waals surface area contributed by atoms with Crippen LogP contribution in [-0.4, -0.2) is 63.8 Å². The summed E-state index contributed by atoms with van der Waals surface area (Å²) in [5, 5.41) is 12.4. The first-order valence-electron chi connectivity index (χ1n) is 5.81. The Morgan fingerprint density at radius 2 is 2.12 bits per heavy atom. The first-order chi connectivity index (χ1) is 8.20. The van der Waals surface area contributed by atoms with E-state index in [2.05, 4.69) is 5.32 Å². The van der Waals surface area contributed by atoms with E-state index in [1.807, 2.05) is 0 Å². The molecule has 0 aromatic carbocycles. The molecule has 0 spiro atoms. The van der Waals surface area contributed by atoms with E-state index in [-0.39, 0.29) is 12.4 Å². The number of esters is 1. The highest BCUT2D eigenvalue weighted by molar-refractivity contribution is 5.69. The molecule has 0 aliphatic rings. The topological polar surface area (TPSA) is 77.0 Å². The maximum atomic E-state index is 11.0. The van der Waals surface area contributed by atoms with Crippen LogP contribution in [0.2, 0.25) is 0 Å². The van der Waals surface area contributed by atoms with E-state index >= 15 is 0 Å². The van der Waals surface area contributed by atoms with Crippen LogP contribution in [0.1, 0.15) is 13.3 Å². The zero-order chi connectivity index (χ0) is 12.9. The van der Waals surface area contributed by atoms with E-state index in [1.54, 1.807) is 14.0 Å². The summed E-state index contributed by atoms with van der Waals surface area (Å²) in [6.07, 6.45) is -0.696. The third-order valence-corrected chi connectivity index (χ3v) is 1.94. The Balaban J connectivity index is 3.27. The average molecular weight is 249 g/mol. The SMILES string of the molecule is CCOC(=O)CC(O)CNCCOCCOC. The summed E-state index contributed by atoms with van der Waals surface area (Å²) < 4.78 is 14.8. The third-order valence-electron chi connectivity index (χ3n) is 1.94. The van der Waals surface area contributed by atoms with E-state index in [9.17, 15) is 9.90 Å². The predicted molar refractivity (Wildman–Crippen MR) is 62.8 cm³/mol. The molecule has 102 valence electrons. The minimum absolute atomic E-state index is 0.0192. The van der Waals surface area contributed by atoms with Crippen molar-refractivity contribution in [2.24, 2.45) is 0 Å². The largest absolute Gasteiger partial charge is 0.466 e. The molecule has 0 aliphatic carbocycles. The number of rotatable bonds is 11. The second-order valence-corrected chi connectivity index (χ2v) is 3.47. The van der Waals surface area contributed by atoms with Crippen LogP contribution in [0.4, 0.5) is 0 Å². The summed E-state index contributed by atoms with van der Waals surface area (Å²) in [6.45, 7) is 4.74. The predicted octanol–water partition coefficient (Wildman–Crippen LogP) is -0.447. The van der Waals surface area contributed by atoms with Crippen molar-refractivity contribution in [2.75, 3.05) is 46.6 Å². The van der Waals surface area contributed by atoms with Crippen molar-refractivity contribution in [3.63, 3.8) is 0 Å². The zero-order valence-corrected chi connectivity index (χ0v) is 10.6. The Kier molecular flexibility index (Phi) is 11.3. The summed E-state index contributed by atoms with van der Waals surface area (Å²) in [4.78, 5) is 11.0. The van der Waals surface area contributed by atoms with E-state index in [4.69, 9.17) is 14.2 Å². The van der Waals surface area contributed by atoms with Crippen molar-refractivity contribution in [3.05, 3.63) is 0 Å². The van der Waals surface area contributed by atoms with Crippen LogP contribution in [0, 0.1) is 0 Å². The van der Waals surface area contributed by atoms with Crippen LogP contribution in [0.5, 0.6) is 0 Å². The maximum absolute atomic E-state index is 11.0. The number of ether oxygens (including phenoxy) is 3. The highest BCUT2D eigenvalue weighted by atomic mass is 16.5. The fourth-order valence-corrected chi connectivity index (χ4v) is 1.14. The summed E-state index contributed by atoms with van der Waals surface area (Å²) in [7, 11) is 1.62. The number of carbonyl (C=O) groups is 1. The Labute approximate surface area is 102 Å². The van der Waals surface area contributed by atoms with Crippen LogP contribution in [0.3, 0.4) is 0 Å². The number of hydrogen-bond donors (Lipinski definition) is 2. The van der Waals surface area contributed by atoms with E-state index in [0.717, 1.165) is 0 Å². The van der Waals surface area contributed by atoms with Gasteiger partial charge in [-0.2, -0.15) is 0 Å². The lowest BCUT2D eigenvalue weighted by Crippen LogP contribution is -2.31. The molecule has 0 radical (unpaired) electrons. The molecule has 1 unspecified atom stereocenters. The van der Waals surface area contributed by atoms with Gasteiger partial charge in [-0.1, -0.05) is 0 Å². The Bertz CT molecular complexity index is 189. The Morgan fingerprint density at radius 3 is 2.76 bits per heavy atom. The van der Waals surface area contributed by atoms with Crippen molar-refractivity contribution in [1.82, 2.24) is 5.32 Å². The lowest BCUT2D eigenvalue weighted by atomic mass is 10.2. The van der Waals surface area contributed by atoms with Crippen LogP contribution in [0.25, 0.3) is 0 Å². The normalized spacial score (nSPS) is 12.4. The Morgan fingerprint density at radius 1 is 1.35 bits per heavy atom. The van der Waals surface area contributed by atoms with Gasteiger partial charge in [0, 0.05) is 20.2 Å². The summed E-state index contributed by atoms with van der Waals surface area (Å²) in [6, 6.07) is 0. The standard InChI is InChI=1S/C11H23NO5/c1-3-17-11(14)8-10(13)9-12-4-5-16-7-6-15-2/h10,12-13H,3-9H2,1-2H3. The monoisotopic (exact) mass is 249 g/mol. The number of nitrogens with one attached hydrogen (secondary N) is 1. The maximum Gasteiger partial charge on any atom is 0.308 e. The molecular formula is C11H23NO5. The summed E-state index contributed by atoms with van der Waals surface area (Å²) in [5.41, 5.74) is 0. The highest BCUT2D eigenvalue weighted by Crippen LogP contribution is 1.93. The summed E-state index contributed by atoms with van der Waals surface area (Å²) >= 11 is 0. The van der Waals surface area contributed by atoms with Crippen molar-refractivity contribution in [3.8, 4) is 0 Å². The number of carbonyl (C=O) groups excluding carboxylic acids is 1. The summed E-state index contributed by atoms with van der Waals surface area (Å²) in [5.74, 6) is -0.377. The van der Waals surface area contributed by atoms with Gasteiger partial charge in [-0.25, -0.2) is 0 Å². The van der Waals surface area contributed by atoms with Crippen LogP contribution < -0.4 is 5.32 Å². The fourth-order valence-electron chi connectivity index (χ4n) is 1.14. The van der Waals surface area contributed by atoms with Crippen LogP contribution in [-0.2, 0) is 19.0 Å². The van der Waals surface area contributed by atoms with Gasteiger partial charge < -0.3 is 24.6 Å². The van der Waals surface area contributed by atoms with Crippen molar-refractivity contribution in [1.29, 1.82) is 0 Å². The molecule has 17 heavy (non-hydrogen) atoms. The minimum atomic E-state index is -0.715. The molecule has 0 aromatic heterocycles. The minimum Gasteiger partial charge on any atom is -0.466 e. The highest BCUT2D eigenvalue weighted by Gasteiger charge is 2.10. The molecule has 0 fully saturated rings. The molecule has 0 saturated carbocycles. The quantitative estimate of drug-likeness (QED) is 0.381. The van der Waals surface area contributed by atoms with Gasteiger partial charge in [-0.15, -0.1) is 0 Å². The van der Waals surface area contributed by atoms with Gasteiger partial charge in [0.15, 0.2) is 0 Å². The number of aliphatic hydroxyl groups excluding tert-OH is 1. The zero-order valence-electron chi connectivity index (χ0n) is 10.6. The van der Waals surface area contributed by atoms with Crippen molar-refractivity contribution in [2.45, 2.75) is 19.4 Å². The molecule has 0 aromatic rings. The third kappa shape index (κ3) is 11.6. The second kappa shape index (κ2) is 11.8. The van der Waals surface area contributed by atoms with Crippen molar-refractivity contribution < 1.29 is 24.1 Å². The van der Waals surface area contributed by atoms with Gasteiger partial charge in [0.2, 0.25) is 0 Å². The number of aliphatic hydroxyl groups is 1. The first kappa shape index (κ1) is 16.3. The van der Waals surface area contributed by atoms with Crippen molar-refractivity contribution >= 4 is 5.97 Å². The number of hydrogen-bond acceptors (Lipinski definition) is 6. The number of methoxy groups -OCH3 is 1. The molecule has 0 rings (SSSR count). The first-order valence-corrected chi connectivity index (χ1v) is 5.81. The van der Waals surface area contributed by atoms with Crippen LogP contribution >= 0.6 is 0 Å². The molecule has 2 N–H and O–H groups in total. The van der Waals surface area contributed by atoms with E-state index < -0.39 is 6.10 Å². The second-order valence-electron chi connectivity index (χ2n) is 3.47. The van der Waals surface area contributed by atoms with Gasteiger partial charge in [0.05, 0.1) is 39.0 Å². The molecule has 0 amide bonds. The average Bonchev–Trinajstić information content (AvgIpc) is 2.28. The van der Waals surface area contributed by atoms with Gasteiger partial charge in [-0.05, 0) is 6.92 Å². The molecule has 0 aliphatic heterocycles. The van der Waals surface area contributed by atoms with E-state index in [0.29, 0.717) is 39.5 Å².